The lowest BCUT2D eigenvalue weighted by Gasteiger charge is -2.19. The van der Waals surface area contributed by atoms with Crippen LogP contribution < -0.4 is 0 Å². The molecule has 0 fully saturated rings. The molecule has 0 saturated heterocycles. The summed E-state index contributed by atoms with van der Waals surface area (Å²) in [6.45, 7) is 3.27. The first-order valence-corrected chi connectivity index (χ1v) is 11.8. The van der Waals surface area contributed by atoms with Crippen LogP contribution in [0.3, 0.4) is 0 Å². The standard InChI is InChI=1S/C27H20F4N6O2/c1-3-39-26(38)23(21-11-10-20(35-36-21)16-9-8-15(2)12-18(16)27(29,30)31)37-13-22-25(32-14-37)34-24(33-22)17-6-4-5-7-19(17)28/h4-14,23H,3H2,1-2H3. The number of esters is 1. The summed E-state index contributed by atoms with van der Waals surface area (Å²) in [5, 5.41) is 8.07. The molecule has 0 N–H and O–H groups in total. The van der Waals surface area contributed by atoms with Crippen LogP contribution in [0.2, 0.25) is 0 Å². The second kappa shape index (κ2) is 10.2. The van der Waals surface area contributed by atoms with E-state index >= 15 is 0 Å². The number of hydrogen-bond acceptors (Lipinski definition) is 7. The number of aromatic nitrogens is 6. The Morgan fingerprint density at radius 3 is 2.46 bits per heavy atom. The molecule has 0 spiro atoms. The van der Waals surface area contributed by atoms with Crippen LogP contribution in [0.1, 0.15) is 29.8 Å². The third-order valence-corrected chi connectivity index (χ3v) is 5.90. The molecule has 0 amide bonds. The minimum absolute atomic E-state index is 0.0105. The van der Waals surface area contributed by atoms with Gasteiger partial charge in [-0.2, -0.15) is 23.4 Å². The summed E-state index contributed by atoms with van der Waals surface area (Å²) in [5.41, 5.74) is 0.0517. The molecule has 1 unspecified atom stereocenters. The number of benzene rings is 2. The number of nitrogens with zero attached hydrogens (tertiary/aromatic N) is 6. The Kier molecular flexibility index (Phi) is 6.77. The SMILES string of the molecule is CCOC(=O)C(c1ccc(-c2ccc(C)cc2C(F)(F)F)nn1)n1cnc2nc(-c3ccccc3F)nc-2c1. The Balaban J connectivity index is 1.54. The predicted octanol–water partition coefficient (Wildman–Crippen LogP) is 5.52. The minimum Gasteiger partial charge on any atom is -0.464 e. The first kappa shape index (κ1) is 25.9. The summed E-state index contributed by atoms with van der Waals surface area (Å²) in [4.78, 5) is 25.8. The Labute approximate surface area is 219 Å². The highest BCUT2D eigenvalue weighted by atomic mass is 19.4. The quantitative estimate of drug-likeness (QED) is 0.208. The van der Waals surface area contributed by atoms with Gasteiger partial charge >= 0.3 is 12.1 Å². The van der Waals surface area contributed by atoms with Crippen LogP contribution in [0.5, 0.6) is 0 Å². The Bertz CT molecular complexity index is 1620. The van der Waals surface area contributed by atoms with Crippen LogP contribution in [0.4, 0.5) is 17.6 Å². The molecule has 198 valence electrons. The number of imidazole rings is 1. The number of halogens is 4. The maximum Gasteiger partial charge on any atom is 0.417 e. The van der Waals surface area contributed by atoms with E-state index in [2.05, 4.69) is 25.1 Å². The minimum atomic E-state index is -4.59. The molecule has 0 radical (unpaired) electrons. The number of ether oxygens (including phenoxy) is 1. The van der Waals surface area contributed by atoms with Crippen molar-refractivity contribution in [3.8, 4) is 34.2 Å². The second-order valence-corrected chi connectivity index (χ2v) is 8.60. The van der Waals surface area contributed by atoms with Gasteiger partial charge < -0.3 is 9.30 Å². The summed E-state index contributed by atoms with van der Waals surface area (Å²) in [6, 6.07) is 11.5. The van der Waals surface area contributed by atoms with Gasteiger partial charge in [0, 0.05) is 11.8 Å². The van der Waals surface area contributed by atoms with E-state index in [9.17, 15) is 22.4 Å². The van der Waals surface area contributed by atoms with Crippen molar-refractivity contribution in [1.82, 2.24) is 29.7 Å². The smallest absolute Gasteiger partial charge is 0.417 e. The summed E-state index contributed by atoms with van der Waals surface area (Å²) in [5.74, 6) is -0.829. The van der Waals surface area contributed by atoms with Crippen molar-refractivity contribution in [2.24, 2.45) is 0 Å². The van der Waals surface area contributed by atoms with Crippen molar-refractivity contribution in [3.05, 3.63) is 89.8 Å². The highest BCUT2D eigenvalue weighted by Gasteiger charge is 2.34. The third-order valence-electron chi connectivity index (χ3n) is 5.90. The van der Waals surface area contributed by atoms with Crippen LogP contribution in [0, 0.1) is 12.7 Å². The summed E-state index contributed by atoms with van der Waals surface area (Å²) in [7, 11) is 0. The molecule has 39 heavy (non-hydrogen) atoms. The highest BCUT2D eigenvalue weighted by molar-refractivity contribution is 5.78. The number of fused-ring (bicyclic) bond motifs is 1. The van der Waals surface area contributed by atoms with Crippen molar-refractivity contribution < 1.29 is 27.1 Å². The lowest BCUT2D eigenvalue weighted by Crippen LogP contribution is -2.25. The zero-order valence-electron chi connectivity index (χ0n) is 20.6. The number of carbonyl (C=O) groups excluding carboxylic acids is 1. The van der Waals surface area contributed by atoms with Crippen molar-refractivity contribution in [1.29, 1.82) is 0 Å². The number of rotatable bonds is 6. The molecule has 2 aliphatic rings. The fraction of sp³-hybridized carbons (Fsp3) is 0.185. The van der Waals surface area contributed by atoms with Crippen LogP contribution in [0.25, 0.3) is 34.2 Å². The third kappa shape index (κ3) is 5.17. The first-order chi connectivity index (χ1) is 18.7. The van der Waals surface area contributed by atoms with Crippen LogP contribution >= 0.6 is 0 Å². The van der Waals surface area contributed by atoms with Crippen LogP contribution in [0.15, 0.2) is 67.1 Å². The first-order valence-electron chi connectivity index (χ1n) is 11.8. The molecule has 8 nitrogen and oxygen atoms in total. The maximum absolute atomic E-state index is 14.2. The van der Waals surface area contributed by atoms with E-state index in [1.807, 2.05) is 0 Å². The molecule has 2 aromatic carbocycles. The number of hydrogen-bond donors (Lipinski definition) is 0. The molecular formula is C27H20F4N6O2. The van der Waals surface area contributed by atoms with Crippen molar-refractivity contribution >= 4 is 5.97 Å². The Morgan fingerprint density at radius 2 is 1.77 bits per heavy atom. The van der Waals surface area contributed by atoms with E-state index in [1.54, 1.807) is 32.0 Å². The van der Waals surface area contributed by atoms with E-state index in [-0.39, 0.29) is 46.5 Å². The monoisotopic (exact) mass is 536 g/mol. The van der Waals surface area contributed by atoms with Gasteiger partial charge in [0.1, 0.15) is 11.5 Å². The summed E-state index contributed by atoms with van der Waals surface area (Å²) in [6.07, 6.45) is -1.78. The predicted molar refractivity (Wildman–Crippen MR) is 132 cm³/mol. The normalized spacial score (nSPS) is 12.5. The molecule has 0 bridgehead atoms. The molecule has 2 aliphatic heterocycles. The van der Waals surface area contributed by atoms with Gasteiger partial charge in [0.2, 0.25) is 0 Å². The van der Waals surface area contributed by atoms with Gasteiger partial charge in [-0.15, -0.1) is 0 Å². The van der Waals surface area contributed by atoms with Crippen molar-refractivity contribution in [2.75, 3.05) is 6.61 Å². The van der Waals surface area contributed by atoms with E-state index in [1.165, 1.54) is 47.4 Å². The van der Waals surface area contributed by atoms with E-state index < -0.39 is 29.6 Å². The second-order valence-electron chi connectivity index (χ2n) is 8.60. The topological polar surface area (TPSA) is 95.7 Å². The van der Waals surface area contributed by atoms with Gasteiger partial charge in [-0.05, 0) is 44.2 Å². The summed E-state index contributed by atoms with van der Waals surface area (Å²) >= 11 is 0. The summed E-state index contributed by atoms with van der Waals surface area (Å²) < 4.78 is 61.8. The average Bonchev–Trinajstić information content (AvgIpc) is 3.32. The van der Waals surface area contributed by atoms with Crippen LogP contribution in [-0.4, -0.2) is 42.3 Å². The van der Waals surface area contributed by atoms with Gasteiger partial charge in [-0.3, -0.25) is 0 Å². The Hall–Kier alpha value is -4.74. The highest BCUT2D eigenvalue weighted by Crippen LogP contribution is 2.37. The van der Waals surface area contributed by atoms with Crippen molar-refractivity contribution in [2.45, 2.75) is 26.1 Å². The number of aryl methyl sites for hydroxylation is 1. The van der Waals surface area contributed by atoms with Gasteiger partial charge in [-0.25, -0.2) is 24.1 Å². The Morgan fingerprint density at radius 1 is 0.974 bits per heavy atom. The average molecular weight is 536 g/mol. The molecule has 3 aromatic rings. The lowest BCUT2D eigenvalue weighted by atomic mass is 10.0. The van der Waals surface area contributed by atoms with Gasteiger partial charge in [0.15, 0.2) is 17.7 Å². The molecule has 5 rings (SSSR count). The van der Waals surface area contributed by atoms with Gasteiger partial charge in [0.05, 0.1) is 35.4 Å². The maximum atomic E-state index is 14.2. The molecular weight excluding hydrogens is 516 g/mol. The largest absolute Gasteiger partial charge is 0.464 e. The van der Waals surface area contributed by atoms with Gasteiger partial charge in [-0.1, -0.05) is 29.8 Å². The zero-order chi connectivity index (χ0) is 27.7. The molecule has 1 atom stereocenters. The lowest BCUT2D eigenvalue weighted by molar-refractivity contribution is -0.146. The van der Waals surface area contributed by atoms with Crippen molar-refractivity contribution in [3.63, 3.8) is 0 Å². The molecule has 0 aliphatic carbocycles. The molecule has 0 saturated carbocycles. The van der Waals surface area contributed by atoms with Crippen LogP contribution in [-0.2, 0) is 15.7 Å². The molecule has 12 heteroatoms. The van der Waals surface area contributed by atoms with Gasteiger partial charge in [0.25, 0.3) is 0 Å². The fourth-order valence-corrected chi connectivity index (χ4v) is 4.09. The number of alkyl halides is 3. The molecule has 1 aromatic heterocycles. The van der Waals surface area contributed by atoms with E-state index in [0.717, 1.165) is 6.07 Å². The number of carbonyl (C=O) groups is 1. The fourth-order valence-electron chi connectivity index (χ4n) is 4.09. The zero-order valence-corrected chi connectivity index (χ0v) is 20.6. The van der Waals surface area contributed by atoms with E-state index in [4.69, 9.17) is 4.74 Å². The van der Waals surface area contributed by atoms with E-state index in [0.29, 0.717) is 5.56 Å². The molecule has 3 heterocycles.